The van der Waals surface area contributed by atoms with Gasteiger partial charge in [-0.25, -0.2) is 15.0 Å². The summed E-state index contributed by atoms with van der Waals surface area (Å²) in [5.74, 6) is 7.62. The molecule has 274 valence electrons. The second-order valence-electron chi connectivity index (χ2n) is 18.8. The van der Waals surface area contributed by atoms with Crippen LogP contribution in [0.15, 0.2) is 91.0 Å². The molecule has 5 heteroatoms. The molecule has 2 bridgehead atoms. The zero-order valence-electron chi connectivity index (χ0n) is 32.3. The second kappa shape index (κ2) is 13.0. The van der Waals surface area contributed by atoms with E-state index in [0.717, 1.165) is 46.3 Å². The standard InChI is InChI=1S/C50H49N5/c1-30-13-34-14-31(2)24-50(23-30,25-34)44-21-38(35-9-6-12-43(20-35)49(3)26-41-18-39-19-42(27-49)45(39)41)17-40(22-44)48-54-46(36-10-4-7-32(15-36)28-51)53-47(55-48)37-11-5-8-33(16-37)29-52/h4-12,15-17,20-22,30-31,34,39,41-42,45H,13-14,18-19,23-27H2,1-3H3/t30-,31+,34?,39?,41-,42+,45?,49?,50?. The van der Waals surface area contributed by atoms with Crippen LogP contribution in [0.3, 0.4) is 0 Å². The fraction of sp³-hybridized carbons (Fsp3) is 0.420. The lowest BCUT2D eigenvalue weighted by Crippen LogP contribution is -2.58. The van der Waals surface area contributed by atoms with Crippen molar-refractivity contribution in [1.29, 1.82) is 10.5 Å². The molecule has 9 atom stereocenters. The highest BCUT2D eigenvalue weighted by atomic mass is 15.0. The summed E-state index contributed by atoms with van der Waals surface area (Å²) < 4.78 is 0. The minimum Gasteiger partial charge on any atom is -0.208 e. The van der Waals surface area contributed by atoms with Crippen LogP contribution < -0.4 is 0 Å². The van der Waals surface area contributed by atoms with E-state index in [1.54, 1.807) is 12.1 Å². The third kappa shape index (κ3) is 5.99. The number of benzene rings is 4. The Kier molecular flexibility index (Phi) is 8.11. The van der Waals surface area contributed by atoms with Gasteiger partial charge in [-0.15, -0.1) is 0 Å². The van der Waals surface area contributed by atoms with Gasteiger partial charge in [-0.1, -0.05) is 75.4 Å². The van der Waals surface area contributed by atoms with E-state index < -0.39 is 0 Å². The third-order valence-electron chi connectivity index (χ3n) is 14.7. The molecule has 5 saturated carbocycles. The highest BCUT2D eigenvalue weighted by Crippen LogP contribution is 2.67. The van der Waals surface area contributed by atoms with Crippen molar-refractivity contribution >= 4 is 0 Å². The molecule has 4 aromatic carbocycles. The van der Waals surface area contributed by atoms with Crippen molar-refractivity contribution in [3.05, 3.63) is 113 Å². The smallest absolute Gasteiger partial charge is 0.164 e. The van der Waals surface area contributed by atoms with Crippen LogP contribution in [0.25, 0.3) is 45.3 Å². The van der Waals surface area contributed by atoms with Crippen molar-refractivity contribution < 1.29 is 0 Å². The average molecular weight is 720 g/mol. The summed E-state index contributed by atoms with van der Waals surface area (Å²) >= 11 is 0. The zero-order chi connectivity index (χ0) is 37.5. The van der Waals surface area contributed by atoms with Crippen LogP contribution in [0.1, 0.15) is 101 Å². The SMILES string of the molecule is C[C@@H]1CC2C[C@H](C)CC(c3cc(-c4cccc(C5(C)C[C@H]6CC7C[C@@H](C5)C76)c4)cc(-c4nc(-c5cccc(C#N)c5)nc(-c5cccc(C#N)c5)n4)c3)(C2)C1. The molecule has 0 spiro atoms. The number of hydrogen-bond acceptors (Lipinski definition) is 5. The molecule has 5 nitrogen and oxygen atoms in total. The molecule has 5 fully saturated rings. The predicted octanol–water partition coefficient (Wildman–Crippen LogP) is 11.7. The molecule has 5 aliphatic rings. The summed E-state index contributed by atoms with van der Waals surface area (Å²) in [5.41, 5.74) is 9.34. The summed E-state index contributed by atoms with van der Waals surface area (Å²) in [7, 11) is 0. The Bertz CT molecular complexity index is 2300. The number of aromatic nitrogens is 3. The predicted molar refractivity (Wildman–Crippen MR) is 217 cm³/mol. The first-order valence-corrected chi connectivity index (χ1v) is 20.7. The van der Waals surface area contributed by atoms with Crippen LogP contribution in [0.5, 0.6) is 0 Å². The van der Waals surface area contributed by atoms with Gasteiger partial charge in [-0.05, 0) is 169 Å². The fourth-order valence-corrected chi connectivity index (χ4v) is 12.8. The van der Waals surface area contributed by atoms with Gasteiger partial charge in [0.1, 0.15) is 0 Å². The first kappa shape index (κ1) is 34.4. The van der Waals surface area contributed by atoms with E-state index in [1.165, 1.54) is 80.0 Å². The Morgan fingerprint density at radius 1 is 0.527 bits per heavy atom. The van der Waals surface area contributed by atoms with Gasteiger partial charge < -0.3 is 0 Å². The van der Waals surface area contributed by atoms with E-state index in [4.69, 9.17) is 15.0 Å². The third-order valence-corrected chi connectivity index (χ3v) is 14.7. The van der Waals surface area contributed by atoms with E-state index in [0.29, 0.717) is 40.4 Å². The molecule has 0 saturated heterocycles. The molecule has 55 heavy (non-hydrogen) atoms. The number of hydrogen-bond donors (Lipinski definition) is 0. The summed E-state index contributed by atoms with van der Waals surface area (Å²) in [6, 6.07) is 36.2. The first-order chi connectivity index (χ1) is 26.7. The topological polar surface area (TPSA) is 86.2 Å². The maximum absolute atomic E-state index is 9.76. The molecule has 5 unspecified atom stereocenters. The Morgan fingerprint density at radius 3 is 1.64 bits per heavy atom. The molecule has 5 aromatic rings. The molecular weight excluding hydrogens is 671 g/mol. The summed E-state index contributed by atoms with van der Waals surface area (Å²) in [4.78, 5) is 15.3. The average Bonchev–Trinajstić information content (AvgIpc) is 3.18. The zero-order valence-corrected chi connectivity index (χ0v) is 32.3. The van der Waals surface area contributed by atoms with E-state index in [-0.39, 0.29) is 10.8 Å². The Balaban J connectivity index is 1.15. The molecule has 1 heterocycles. The largest absolute Gasteiger partial charge is 0.208 e. The molecule has 1 aromatic heterocycles. The first-order valence-electron chi connectivity index (χ1n) is 20.7. The molecule has 5 aliphatic carbocycles. The molecule has 0 N–H and O–H groups in total. The lowest BCUT2D eigenvalue weighted by molar-refractivity contribution is -0.141. The maximum Gasteiger partial charge on any atom is 0.164 e. The van der Waals surface area contributed by atoms with Crippen molar-refractivity contribution in [3.63, 3.8) is 0 Å². The Hall–Kier alpha value is -5.13. The Morgan fingerprint density at radius 2 is 1.05 bits per heavy atom. The van der Waals surface area contributed by atoms with Crippen LogP contribution in [0, 0.1) is 64.1 Å². The van der Waals surface area contributed by atoms with E-state index in [1.807, 2.05) is 36.4 Å². The van der Waals surface area contributed by atoms with Gasteiger partial charge in [-0.2, -0.15) is 10.5 Å². The van der Waals surface area contributed by atoms with Crippen molar-refractivity contribution in [3.8, 4) is 57.4 Å². The van der Waals surface area contributed by atoms with Gasteiger partial charge in [0.05, 0.1) is 23.3 Å². The molecule has 0 aliphatic heterocycles. The van der Waals surface area contributed by atoms with Gasteiger partial charge in [0, 0.05) is 16.7 Å². The highest BCUT2D eigenvalue weighted by Gasteiger charge is 2.59. The van der Waals surface area contributed by atoms with Crippen LogP contribution in [-0.2, 0) is 10.8 Å². The quantitative estimate of drug-likeness (QED) is 0.174. The monoisotopic (exact) mass is 719 g/mol. The van der Waals surface area contributed by atoms with Crippen LogP contribution >= 0.6 is 0 Å². The minimum atomic E-state index is 0.110. The molecule has 0 radical (unpaired) electrons. The van der Waals surface area contributed by atoms with Crippen molar-refractivity contribution in [2.24, 2.45) is 41.4 Å². The van der Waals surface area contributed by atoms with E-state index in [2.05, 4.69) is 75.4 Å². The summed E-state index contributed by atoms with van der Waals surface area (Å²) in [6.07, 6.45) is 11.8. The summed E-state index contributed by atoms with van der Waals surface area (Å²) in [6.45, 7) is 7.46. The fourth-order valence-electron chi connectivity index (χ4n) is 12.8. The minimum absolute atomic E-state index is 0.110. The summed E-state index contributed by atoms with van der Waals surface area (Å²) in [5, 5.41) is 19.5. The number of nitrogens with zero attached hydrogens (tertiary/aromatic N) is 5. The van der Waals surface area contributed by atoms with Gasteiger partial charge in [0.15, 0.2) is 17.5 Å². The molecule has 0 amide bonds. The number of nitriles is 2. The van der Waals surface area contributed by atoms with Gasteiger partial charge in [0.2, 0.25) is 0 Å². The van der Waals surface area contributed by atoms with Crippen LogP contribution in [0.2, 0.25) is 0 Å². The lowest BCUT2D eigenvalue weighted by Gasteiger charge is -2.65. The van der Waals surface area contributed by atoms with Crippen molar-refractivity contribution in [1.82, 2.24) is 15.0 Å². The second-order valence-corrected chi connectivity index (χ2v) is 18.8. The van der Waals surface area contributed by atoms with Crippen LogP contribution in [-0.4, -0.2) is 15.0 Å². The van der Waals surface area contributed by atoms with Crippen LogP contribution in [0.4, 0.5) is 0 Å². The highest BCUT2D eigenvalue weighted by molar-refractivity contribution is 5.75. The maximum atomic E-state index is 9.76. The molecule has 10 rings (SSSR count). The van der Waals surface area contributed by atoms with Crippen molar-refractivity contribution in [2.75, 3.05) is 0 Å². The van der Waals surface area contributed by atoms with Gasteiger partial charge in [0.25, 0.3) is 0 Å². The van der Waals surface area contributed by atoms with Gasteiger partial charge >= 0.3 is 0 Å². The number of fused-ring (bicyclic) bond motifs is 2. The van der Waals surface area contributed by atoms with Gasteiger partial charge in [-0.3, -0.25) is 0 Å². The normalized spacial score (nSPS) is 31.5. The number of rotatable bonds is 6. The lowest BCUT2D eigenvalue weighted by atomic mass is 9.39. The van der Waals surface area contributed by atoms with E-state index in [9.17, 15) is 10.5 Å². The van der Waals surface area contributed by atoms with E-state index >= 15 is 0 Å². The molecular formula is C50H49N5. The van der Waals surface area contributed by atoms with Crippen molar-refractivity contribution in [2.45, 2.75) is 89.4 Å². The Labute approximate surface area is 325 Å².